The maximum Gasteiger partial charge on any atom is 0.0625 e. The Labute approximate surface area is 63.4 Å². The van der Waals surface area contributed by atoms with E-state index in [1.807, 2.05) is 0 Å². The summed E-state index contributed by atoms with van der Waals surface area (Å²) in [5.74, 6) is 0. The number of rotatable bonds is 2. The summed E-state index contributed by atoms with van der Waals surface area (Å²) in [6.45, 7) is 10.3. The van der Waals surface area contributed by atoms with E-state index < -0.39 is 0 Å². The molecule has 0 fully saturated rings. The van der Waals surface area contributed by atoms with Crippen LogP contribution in [-0.4, -0.2) is 0 Å². The third-order valence-corrected chi connectivity index (χ3v) is 1.60. The monoisotopic (exact) mass is 137 g/mol. The van der Waals surface area contributed by atoms with Gasteiger partial charge in [-0.3, -0.25) is 0 Å². The smallest absolute Gasteiger partial charge is 0.0625 e. The first-order valence-corrected chi connectivity index (χ1v) is 3.53. The van der Waals surface area contributed by atoms with Gasteiger partial charge in [0.15, 0.2) is 0 Å². The normalized spacial score (nSPS) is 10.6. The lowest BCUT2D eigenvalue weighted by Crippen LogP contribution is -2.07. The van der Waals surface area contributed by atoms with Crippen molar-refractivity contribution in [3.05, 3.63) is 12.2 Å². The fourth-order valence-corrected chi connectivity index (χ4v) is 0.582. The Bertz CT molecular complexity index is 155. The third kappa shape index (κ3) is 3.29. The Hall–Kier alpha value is -0.770. The lowest BCUT2D eigenvalue weighted by Gasteiger charge is -2.20. The Morgan fingerprint density at radius 2 is 2.00 bits per heavy atom. The molecule has 0 aliphatic rings. The van der Waals surface area contributed by atoms with Gasteiger partial charge in [-0.1, -0.05) is 32.9 Å². The van der Waals surface area contributed by atoms with Crippen molar-refractivity contribution in [2.45, 2.75) is 33.6 Å². The molecule has 0 radical (unpaired) electrons. The average Bonchev–Trinajstić information content (AvgIpc) is 1.80. The molecule has 1 nitrogen and oxygen atoms in total. The SMILES string of the molecule is C=C(CCC#N)C(C)(C)C. The van der Waals surface area contributed by atoms with Crippen LogP contribution in [0.5, 0.6) is 0 Å². The van der Waals surface area contributed by atoms with Crippen LogP contribution < -0.4 is 0 Å². The summed E-state index contributed by atoms with van der Waals surface area (Å²) in [6, 6.07) is 2.11. The minimum Gasteiger partial charge on any atom is -0.198 e. The van der Waals surface area contributed by atoms with Crippen LogP contribution in [0.25, 0.3) is 0 Å². The van der Waals surface area contributed by atoms with Crippen molar-refractivity contribution in [2.75, 3.05) is 0 Å². The highest BCUT2D eigenvalue weighted by molar-refractivity contribution is 5.06. The molecule has 0 aromatic carbocycles. The molecule has 0 rings (SSSR count). The molecule has 0 saturated carbocycles. The van der Waals surface area contributed by atoms with Crippen molar-refractivity contribution in [2.24, 2.45) is 5.41 Å². The van der Waals surface area contributed by atoms with Gasteiger partial charge in [0.05, 0.1) is 6.07 Å². The second-order valence-electron chi connectivity index (χ2n) is 3.51. The topological polar surface area (TPSA) is 23.8 Å². The van der Waals surface area contributed by atoms with Crippen LogP contribution in [0.4, 0.5) is 0 Å². The average molecular weight is 137 g/mol. The van der Waals surface area contributed by atoms with Gasteiger partial charge in [-0.05, 0) is 11.8 Å². The summed E-state index contributed by atoms with van der Waals surface area (Å²) in [5, 5.41) is 8.29. The van der Waals surface area contributed by atoms with E-state index >= 15 is 0 Å². The van der Waals surface area contributed by atoms with Gasteiger partial charge in [0.1, 0.15) is 0 Å². The minimum atomic E-state index is 0.164. The maximum atomic E-state index is 8.29. The van der Waals surface area contributed by atoms with Gasteiger partial charge in [0, 0.05) is 6.42 Å². The lowest BCUT2D eigenvalue weighted by molar-refractivity contribution is 0.486. The van der Waals surface area contributed by atoms with E-state index in [2.05, 4.69) is 33.4 Å². The van der Waals surface area contributed by atoms with Crippen LogP contribution in [-0.2, 0) is 0 Å². The summed E-state index contributed by atoms with van der Waals surface area (Å²) in [6.07, 6.45) is 1.43. The van der Waals surface area contributed by atoms with E-state index in [9.17, 15) is 0 Å². The molecule has 0 unspecified atom stereocenters. The molecule has 0 heterocycles. The number of allylic oxidation sites excluding steroid dienone is 1. The van der Waals surface area contributed by atoms with Crippen LogP contribution in [0, 0.1) is 16.7 Å². The van der Waals surface area contributed by atoms with Crippen molar-refractivity contribution >= 4 is 0 Å². The van der Waals surface area contributed by atoms with Gasteiger partial charge >= 0.3 is 0 Å². The first kappa shape index (κ1) is 9.23. The molecular weight excluding hydrogens is 122 g/mol. The summed E-state index contributed by atoms with van der Waals surface area (Å²) < 4.78 is 0. The van der Waals surface area contributed by atoms with Gasteiger partial charge in [0.2, 0.25) is 0 Å². The summed E-state index contributed by atoms with van der Waals surface area (Å²) >= 11 is 0. The van der Waals surface area contributed by atoms with Gasteiger partial charge in [-0.2, -0.15) is 5.26 Å². The number of nitrogens with zero attached hydrogens (tertiary/aromatic N) is 1. The highest BCUT2D eigenvalue weighted by atomic mass is 14.2. The van der Waals surface area contributed by atoms with Crippen molar-refractivity contribution in [3.8, 4) is 6.07 Å². The number of nitriles is 1. The number of hydrogen-bond donors (Lipinski definition) is 0. The van der Waals surface area contributed by atoms with Gasteiger partial charge in [-0.25, -0.2) is 0 Å². The molecule has 0 saturated heterocycles. The van der Waals surface area contributed by atoms with Crippen molar-refractivity contribution in [1.29, 1.82) is 5.26 Å². The molecule has 0 atom stereocenters. The van der Waals surface area contributed by atoms with Crippen LogP contribution in [0.2, 0.25) is 0 Å². The fraction of sp³-hybridized carbons (Fsp3) is 0.667. The predicted octanol–water partition coefficient (Wildman–Crippen LogP) is 2.89. The van der Waals surface area contributed by atoms with E-state index in [4.69, 9.17) is 5.26 Å². The number of hydrogen-bond acceptors (Lipinski definition) is 1. The lowest BCUT2D eigenvalue weighted by atomic mass is 9.85. The van der Waals surface area contributed by atoms with Crippen molar-refractivity contribution in [3.63, 3.8) is 0 Å². The van der Waals surface area contributed by atoms with Crippen molar-refractivity contribution < 1.29 is 0 Å². The van der Waals surface area contributed by atoms with Gasteiger partial charge < -0.3 is 0 Å². The molecule has 0 bridgehead atoms. The molecule has 0 N–H and O–H groups in total. The highest BCUT2D eigenvalue weighted by Gasteiger charge is 2.13. The fourth-order valence-electron chi connectivity index (χ4n) is 0.582. The first-order valence-electron chi connectivity index (χ1n) is 3.53. The molecule has 56 valence electrons. The van der Waals surface area contributed by atoms with E-state index in [-0.39, 0.29) is 5.41 Å². The molecule has 0 aliphatic heterocycles. The molecule has 0 aromatic heterocycles. The molecule has 1 heteroatoms. The molecule has 0 amide bonds. The van der Waals surface area contributed by atoms with Crippen LogP contribution >= 0.6 is 0 Å². The van der Waals surface area contributed by atoms with E-state index in [1.54, 1.807) is 0 Å². The maximum absolute atomic E-state index is 8.29. The molecule has 10 heavy (non-hydrogen) atoms. The minimum absolute atomic E-state index is 0.164. The predicted molar refractivity (Wildman–Crippen MR) is 43.4 cm³/mol. The van der Waals surface area contributed by atoms with Gasteiger partial charge in [-0.15, -0.1) is 0 Å². The molecular formula is C9H15N. The highest BCUT2D eigenvalue weighted by Crippen LogP contribution is 2.26. The molecule has 0 aliphatic carbocycles. The Morgan fingerprint density at radius 3 is 2.30 bits per heavy atom. The molecule has 0 spiro atoms. The van der Waals surface area contributed by atoms with E-state index in [0.717, 1.165) is 12.0 Å². The van der Waals surface area contributed by atoms with Crippen molar-refractivity contribution in [1.82, 2.24) is 0 Å². The first-order chi connectivity index (χ1) is 4.48. The Morgan fingerprint density at radius 1 is 1.50 bits per heavy atom. The summed E-state index contributed by atoms with van der Waals surface area (Å²) in [5.41, 5.74) is 1.32. The second-order valence-corrected chi connectivity index (χ2v) is 3.51. The zero-order valence-corrected chi connectivity index (χ0v) is 7.07. The Balaban J connectivity index is 3.78. The standard InChI is InChI=1S/C9H15N/c1-8(6-5-7-10)9(2,3)4/h1,5-6H2,2-4H3. The largest absolute Gasteiger partial charge is 0.198 e. The van der Waals surface area contributed by atoms with Crippen LogP contribution in [0.3, 0.4) is 0 Å². The van der Waals surface area contributed by atoms with E-state index in [1.165, 1.54) is 0 Å². The zero-order valence-electron chi connectivity index (χ0n) is 7.07. The Kier molecular flexibility index (Phi) is 3.15. The van der Waals surface area contributed by atoms with E-state index in [0.29, 0.717) is 6.42 Å². The zero-order chi connectivity index (χ0) is 8.20. The quantitative estimate of drug-likeness (QED) is 0.537. The van der Waals surface area contributed by atoms with Crippen LogP contribution in [0.15, 0.2) is 12.2 Å². The van der Waals surface area contributed by atoms with Gasteiger partial charge in [0.25, 0.3) is 0 Å². The third-order valence-electron chi connectivity index (χ3n) is 1.60. The molecule has 0 aromatic rings. The summed E-state index contributed by atoms with van der Waals surface area (Å²) in [7, 11) is 0. The van der Waals surface area contributed by atoms with Crippen LogP contribution in [0.1, 0.15) is 33.6 Å². The summed E-state index contributed by atoms with van der Waals surface area (Å²) in [4.78, 5) is 0. The second kappa shape index (κ2) is 3.41.